The SMILES string of the molecule is CS(=O)(=O)c1cccc(-c2cc(C(=O)NCc3ccc(C(=O)O)cc3)c3c(cnn3Cc3cccc(Cl)c3)c2)c1. The van der Waals surface area contributed by atoms with Gasteiger partial charge in [0.05, 0.1) is 34.3 Å². The molecule has 5 rings (SSSR count). The van der Waals surface area contributed by atoms with Crippen LogP contribution >= 0.6 is 11.6 Å². The van der Waals surface area contributed by atoms with Gasteiger partial charge in [-0.1, -0.05) is 48.0 Å². The lowest BCUT2D eigenvalue weighted by Gasteiger charge is -2.13. The van der Waals surface area contributed by atoms with Crippen LogP contribution in [0, 0.1) is 0 Å². The molecule has 0 saturated heterocycles. The molecule has 0 fully saturated rings. The lowest BCUT2D eigenvalue weighted by atomic mass is 9.99. The monoisotopic (exact) mass is 573 g/mol. The number of nitrogens with zero attached hydrogens (tertiary/aromatic N) is 2. The zero-order valence-electron chi connectivity index (χ0n) is 21.3. The number of hydrogen-bond acceptors (Lipinski definition) is 5. The smallest absolute Gasteiger partial charge is 0.335 e. The first-order valence-electron chi connectivity index (χ1n) is 12.2. The molecule has 0 spiro atoms. The maximum Gasteiger partial charge on any atom is 0.335 e. The standard InChI is InChI=1S/C30H24ClN3O5S/c1-40(38,39)26-7-3-5-22(14-26)23-13-24-17-33-34(18-20-4-2-6-25(31)12-20)28(24)27(15-23)29(35)32-16-19-8-10-21(11-9-19)30(36)37/h2-15,17H,16,18H2,1H3,(H,32,35)(H,36,37). The van der Waals surface area contributed by atoms with E-state index < -0.39 is 15.8 Å². The van der Waals surface area contributed by atoms with Crippen molar-refractivity contribution in [2.24, 2.45) is 0 Å². The third-order valence-corrected chi connectivity index (χ3v) is 7.79. The summed E-state index contributed by atoms with van der Waals surface area (Å²) in [6.45, 7) is 0.556. The fourth-order valence-electron chi connectivity index (χ4n) is 4.45. The van der Waals surface area contributed by atoms with Crippen molar-refractivity contribution in [1.29, 1.82) is 0 Å². The van der Waals surface area contributed by atoms with Crippen molar-refractivity contribution < 1.29 is 23.1 Å². The van der Waals surface area contributed by atoms with Crippen molar-refractivity contribution in [3.8, 4) is 11.1 Å². The summed E-state index contributed by atoms with van der Waals surface area (Å²) >= 11 is 6.18. The van der Waals surface area contributed by atoms with Gasteiger partial charge in [-0.15, -0.1) is 0 Å². The maximum atomic E-state index is 13.6. The van der Waals surface area contributed by atoms with Gasteiger partial charge in [-0.05, 0) is 70.8 Å². The van der Waals surface area contributed by atoms with Crippen molar-refractivity contribution in [2.75, 3.05) is 6.26 Å². The summed E-state index contributed by atoms with van der Waals surface area (Å²) in [6.07, 6.45) is 2.82. The number of amides is 1. The van der Waals surface area contributed by atoms with Crippen LogP contribution in [0.2, 0.25) is 5.02 Å². The molecular weight excluding hydrogens is 550 g/mol. The van der Waals surface area contributed by atoms with Crippen LogP contribution in [-0.2, 0) is 22.9 Å². The number of rotatable bonds is 8. The average molecular weight is 574 g/mol. The number of carboxylic acid groups (broad SMARTS) is 1. The lowest BCUT2D eigenvalue weighted by Crippen LogP contribution is -2.24. The second kappa shape index (κ2) is 11.0. The highest BCUT2D eigenvalue weighted by atomic mass is 35.5. The number of carbonyl (C=O) groups is 2. The summed E-state index contributed by atoms with van der Waals surface area (Å²) in [5.41, 5.74) is 4.08. The number of sulfone groups is 1. The molecule has 1 aromatic heterocycles. The van der Waals surface area contributed by atoms with Gasteiger partial charge in [-0.25, -0.2) is 13.2 Å². The first-order chi connectivity index (χ1) is 19.1. The van der Waals surface area contributed by atoms with Crippen LogP contribution < -0.4 is 5.32 Å². The Morgan fingerprint density at radius 1 is 0.925 bits per heavy atom. The third-order valence-electron chi connectivity index (χ3n) is 6.45. The molecular formula is C30H24ClN3O5S. The highest BCUT2D eigenvalue weighted by molar-refractivity contribution is 7.90. The number of nitrogens with one attached hydrogen (secondary N) is 1. The predicted octanol–water partition coefficient (Wildman–Crippen LogP) is 5.44. The average Bonchev–Trinajstić information content (AvgIpc) is 3.33. The molecule has 202 valence electrons. The van der Waals surface area contributed by atoms with E-state index in [1.165, 1.54) is 18.2 Å². The van der Waals surface area contributed by atoms with Gasteiger partial charge >= 0.3 is 5.97 Å². The van der Waals surface area contributed by atoms with E-state index in [0.717, 1.165) is 17.4 Å². The zero-order valence-corrected chi connectivity index (χ0v) is 22.9. The second-order valence-electron chi connectivity index (χ2n) is 9.38. The minimum atomic E-state index is -3.43. The number of fused-ring (bicyclic) bond motifs is 1. The van der Waals surface area contributed by atoms with Crippen molar-refractivity contribution >= 4 is 44.2 Å². The predicted molar refractivity (Wildman–Crippen MR) is 153 cm³/mol. The molecule has 1 amide bonds. The van der Waals surface area contributed by atoms with Gasteiger partial charge in [0.1, 0.15) is 0 Å². The van der Waals surface area contributed by atoms with E-state index >= 15 is 0 Å². The largest absolute Gasteiger partial charge is 0.478 e. The van der Waals surface area contributed by atoms with Crippen molar-refractivity contribution in [3.05, 3.63) is 118 Å². The van der Waals surface area contributed by atoms with Crippen LogP contribution in [0.3, 0.4) is 0 Å². The molecule has 1 heterocycles. The molecule has 4 aromatic carbocycles. The Morgan fingerprint density at radius 2 is 1.68 bits per heavy atom. The van der Waals surface area contributed by atoms with Gasteiger partial charge in [0.15, 0.2) is 9.84 Å². The van der Waals surface area contributed by atoms with E-state index in [1.54, 1.807) is 53.3 Å². The quantitative estimate of drug-likeness (QED) is 0.255. The van der Waals surface area contributed by atoms with E-state index in [2.05, 4.69) is 10.4 Å². The second-order valence-corrected chi connectivity index (χ2v) is 11.8. The molecule has 40 heavy (non-hydrogen) atoms. The van der Waals surface area contributed by atoms with Gasteiger partial charge in [0.2, 0.25) is 0 Å². The summed E-state index contributed by atoms with van der Waals surface area (Å²) in [5.74, 6) is -1.39. The van der Waals surface area contributed by atoms with Crippen molar-refractivity contribution in [2.45, 2.75) is 18.0 Å². The molecule has 0 aliphatic rings. The van der Waals surface area contributed by atoms with E-state index in [9.17, 15) is 18.0 Å². The van der Waals surface area contributed by atoms with E-state index in [-0.39, 0.29) is 22.9 Å². The Bertz CT molecular complexity index is 1860. The summed E-state index contributed by atoms with van der Waals surface area (Å²) in [7, 11) is -3.43. The Morgan fingerprint density at radius 3 is 2.38 bits per heavy atom. The van der Waals surface area contributed by atoms with Crippen LogP contribution in [-0.4, -0.2) is 41.4 Å². The Balaban J connectivity index is 1.56. The molecule has 0 radical (unpaired) electrons. The summed E-state index contributed by atoms with van der Waals surface area (Å²) in [5, 5.41) is 17.9. The number of benzene rings is 4. The molecule has 8 nitrogen and oxygen atoms in total. The topological polar surface area (TPSA) is 118 Å². The summed E-state index contributed by atoms with van der Waals surface area (Å²) in [4.78, 5) is 24.9. The van der Waals surface area contributed by atoms with Gasteiger partial charge in [-0.3, -0.25) is 9.48 Å². The molecule has 0 saturated carbocycles. The van der Waals surface area contributed by atoms with Gasteiger partial charge in [0, 0.05) is 23.2 Å². The normalized spacial score (nSPS) is 11.4. The molecule has 0 bridgehead atoms. The first kappa shape index (κ1) is 27.1. The maximum absolute atomic E-state index is 13.6. The number of aromatic carboxylic acids is 1. The van der Waals surface area contributed by atoms with Crippen LogP contribution in [0.4, 0.5) is 0 Å². The molecule has 0 unspecified atom stereocenters. The van der Waals surface area contributed by atoms with Crippen LogP contribution in [0.25, 0.3) is 22.0 Å². The number of aromatic nitrogens is 2. The molecule has 0 aliphatic heterocycles. The van der Waals surface area contributed by atoms with Crippen LogP contribution in [0.5, 0.6) is 0 Å². The molecule has 0 aliphatic carbocycles. The highest BCUT2D eigenvalue weighted by Crippen LogP contribution is 2.30. The van der Waals surface area contributed by atoms with Crippen molar-refractivity contribution in [1.82, 2.24) is 15.1 Å². The first-order valence-corrected chi connectivity index (χ1v) is 14.5. The van der Waals surface area contributed by atoms with E-state index in [0.29, 0.717) is 39.2 Å². The number of carboxylic acids is 1. The van der Waals surface area contributed by atoms with Crippen molar-refractivity contribution in [3.63, 3.8) is 0 Å². The zero-order chi connectivity index (χ0) is 28.4. The Labute approximate surface area is 235 Å². The molecule has 10 heteroatoms. The fourth-order valence-corrected chi connectivity index (χ4v) is 5.33. The van der Waals surface area contributed by atoms with E-state index in [4.69, 9.17) is 16.7 Å². The minimum Gasteiger partial charge on any atom is -0.478 e. The Kier molecular flexibility index (Phi) is 7.42. The number of halogens is 1. The Hall–Kier alpha value is -4.47. The van der Waals surface area contributed by atoms with Gasteiger partial charge in [0.25, 0.3) is 5.91 Å². The fraction of sp³-hybridized carbons (Fsp3) is 0.100. The lowest BCUT2D eigenvalue weighted by molar-refractivity contribution is 0.0696. The number of carbonyl (C=O) groups excluding carboxylic acids is 1. The number of hydrogen-bond donors (Lipinski definition) is 2. The van der Waals surface area contributed by atoms with Gasteiger partial charge in [-0.2, -0.15) is 5.10 Å². The third kappa shape index (κ3) is 5.90. The summed E-state index contributed by atoms with van der Waals surface area (Å²) < 4.78 is 26.1. The molecule has 5 aromatic rings. The molecule has 2 N–H and O–H groups in total. The molecule has 0 atom stereocenters. The highest BCUT2D eigenvalue weighted by Gasteiger charge is 2.18. The summed E-state index contributed by atoms with van der Waals surface area (Å²) in [6, 6.07) is 23.8. The van der Waals surface area contributed by atoms with Crippen LogP contribution in [0.1, 0.15) is 31.8 Å². The van der Waals surface area contributed by atoms with E-state index in [1.807, 2.05) is 24.3 Å². The van der Waals surface area contributed by atoms with Crippen LogP contribution in [0.15, 0.2) is 96.0 Å². The minimum absolute atomic E-state index is 0.158. The van der Waals surface area contributed by atoms with Gasteiger partial charge < -0.3 is 10.4 Å².